The minimum atomic E-state index is 0.330. The molecule has 0 bridgehead atoms. The van der Waals surface area contributed by atoms with Crippen LogP contribution in [0.3, 0.4) is 0 Å². The van der Waals surface area contributed by atoms with Gasteiger partial charge in [0.25, 0.3) is 0 Å². The van der Waals surface area contributed by atoms with E-state index in [1.165, 1.54) is 64.5 Å². The van der Waals surface area contributed by atoms with E-state index in [1.807, 2.05) is 0 Å². The van der Waals surface area contributed by atoms with Crippen LogP contribution in [0.5, 0.6) is 0 Å². The number of nitrogens with zero attached hydrogens (tertiary/aromatic N) is 1. The first-order valence-electron chi connectivity index (χ1n) is 8.17. The second-order valence-corrected chi connectivity index (χ2v) is 6.12. The Morgan fingerprint density at radius 1 is 1.06 bits per heavy atom. The van der Waals surface area contributed by atoms with Crippen LogP contribution in [0.15, 0.2) is 0 Å². The minimum Gasteiger partial charge on any atom is -0.329 e. The highest BCUT2D eigenvalue weighted by Crippen LogP contribution is 2.34. The molecule has 1 rings (SSSR count). The molecule has 0 aromatic heterocycles. The first kappa shape index (κ1) is 16.0. The Labute approximate surface area is 114 Å². The second kappa shape index (κ2) is 8.16. The van der Waals surface area contributed by atoms with Crippen LogP contribution in [0.2, 0.25) is 0 Å². The quantitative estimate of drug-likeness (QED) is 0.714. The number of rotatable bonds is 8. The van der Waals surface area contributed by atoms with Gasteiger partial charge < -0.3 is 5.73 Å². The van der Waals surface area contributed by atoms with E-state index in [2.05, 4.69) is 25.7 Å². The molecule has 1 aliphatic rings. The summed E-state index contributed by atoms with van der Waals surface area (Å²) in [7, 11) is 0. The highest BCUT2D eigenvalue weighted by atomic mass is 15.2. The van der Waals surface area contributed by atoms with Gasteiger partial charge in [-0.3, -0.25) is 4.90 Å². The normalized spacial score (nSPS) is 19.7. The van der Waals surface area contributed by atoms with Crippen LogP contribution in [-0.4, -0.2) is 30.1 Å². The SMILES string of the molecule is CCCN(CC(CC)CC)C1(CN)CCCCC1. The highest BCUT2D eigenvalue weighted by Gasteiger charge is 2.36. The van der Waals surface area contributed by atoms with Crippen molar-refractivity contribution in [1.82, 2.24) is 4.90 Å². The van der Waals surface area contributed by atoms with Gasteiger partial charge >= 0.3 is 0 Å². The van der Waals surface area contributed by atoms with Gasteiger partial charge in [0.05, 0.1) is 0 Å². The van der Waals surface area contributed by atoms with Gasteiger partial charge in [-0.1, -0.05) is 52.9 Å². The molecule has 2 nitrogen and oxygen atoms in total. The van der Waals surface area contributed by atoms with Gasteiger partial charge in [-0.2, -0.15) is 0 Å². The molecule has 2 N–H and O–H groups in total. The standard InChI is InChI=1S/C16H34N2/c1-4-12-18(13-15(5-2)6-3)16(14-17)10-8-7-9-11-16/h15H,4-14,17H2,1-3H3. The second-order valence-electron chi connectivity index (χ2n) is 6.12. The molecule has 0 spiro atoms. The van der Waals surface area contributed by atoms with Gasteiger partial charge in [0.2, 0.25) is 0 Å². The first-order chi connectivity index (χ1) is 8.72. The molecule has 1 aliphatic carbocycles. The van der Waals surface area contributed by atoms with Crippen molar-refractivity contribution in [1.29, 1.82) is 0 Å². The Bertz CT molecular complexity index is 205. The molecule has 0 aromatic rings. The molecular formula is C16H34N2. The van der Waals surface area contributed by atoms with Gasteiger partial charge in [0.15, 0.2) is 0 Å². The summed E-state index contributed by atoms with van der Waals surface area (Å²) < 4.78 is 0. The van der Waals surface area contributed by atoms with Crippen LogP contribution >= 0.6 is 0 Å². The zero-order valence-corrected chi connectivity index (χ0v) is 12.9. The molecule has 0 radical (unpaired) electrons. The molecule has 2 heteroatoms. The Morgan fingerprint density at radius 3 is 2.11 bits per heavy atom. The first-order valence-corrected chi connectivity index (χ1v) is 8.17. The van der Waals surface area contributed by atoms with Gasteiger partial charge in [0.1, 0.15) is 0 Å². The number of hydrogen-bond acceptors (Lipinski definition) is 2. The smallest absolute Gasteiger partial charge is 0.0331 e. The van der Waals surface area contributed by atoms with Crippen LogP contribution in [0, 0.1) is 5.92 Å². The van der Waals surface area contributed by atoms with Crippen molar-refractivity contribution in [2.24, 2.45) is 11.7 Å². The summed E-state index contributed by atoms with van der Waals surface area (Å²) in [6.07, 6.45) is 10.7. The fraction of sp³-hybridized carbons (Fsp3) is 1.00. The van der Waals surface area contributed by atoms with E-state index in [9.17, 15) is 0 Å². The Hall–Kier alpha value is -0.0800. The molecule has 0 saturated heterocycles. The third-order valence-corrected chi connectivity index (χ3v) is 4.96. The molecule has 0 heterocycles. The van der Waals surface area contributed by atoms with Gasteiger partial charge in [0, 0.05) is 18.6 Å². The van der Waals surface area contributed by atoms with Gasteiger partial charge in [-0.05, 0) is 31.7 Å². The Kier molecular flexibility index (Phi) is 7.25. The lowest BCUT2D eigenvalue weighted by Gasteiger charge is -2.47. The highest BCUT2D eigenvalue weighted by molar-refractivity contribution is 4.94. The number of nitrogens with two attached hydrogens (primary N) is 1. The Balaban J connectivity index is 2.72. The maximum Gasteiger partial charge on any atom is 0.0331 e. The monoisotopic (exact) mass is 254 g/mol. The molecule has 1 fully saturated rings. The molecule has 1 saturated carbocycles. The topological polar surface area (TPSA) is 29.3 Å². The van der Waals surface area contributed by atoms with E-state index in [-0.39, 0.29) is 0 Å². The lowest BCUT2D eigenvalue weighted by Crippen LogP contribution is -2.56. The van der Waals surface area contributed by atoms with E-state index in [0.717, 1.165) is 12.5 Å². The fourth-order valence-corrected chi connectivity index (χ4v) is 3.51. The summed E-state index contributed by atoms with van der Waals surface area (Å²) in [5.41, 5.74) is 6.52. The maximum absolute atomic E-state index is 6.19. The average Bonchev–Trinajstić information content (AvgIpc) is 2.44. The zero-order chi connectivity index (χ0) is 13.4. The van der Waals surface area contributed by atoms with Crippen LogP contribution < -0.4 is 5.73 Å². The zero-order valence-electron chi connectivity index (χ0n) is 12.9. The van der Waals surface area contributed by atoms with Crippen molar-refractivity contribution < 1.29 is 0 Å². The van der Waals surface area contributed by atoms with Crippen molar-refractivity contribution in [2.45, 2.75) is 77.7 Å². The van der Waals surface area contributed by atoms with Crippen molar-refractivity contribution in [2.75, 3.05) is 19.6 Å². The summed E-state index contributed by atoms with van der Waals surface area (Å²) >= 11 is 0. The summed E-state index contributed by atoms with van der Waals surface area (Å²) in [5, 5.41) is 0. The van der Waals surface area contributed by atoms with Crippen LogP contribution in [0.25, 0.3) is 0 Å². The van der Waals surface area contributed by atoms with E-state index in [0.29, 0.717) is 5.54 Å². The lowest BCUT2D eigenvalue weighted by atomic mass is 9.79. The molecule has 0 amide bonds. The van der Waals surface area contributed by atoms with E-state index < -0.39 is 0 Å². The molecule has 0 unspecified atom stereocenters. The molecule has 0 atom stereocenters. The summed E-state index contributed by atoms with van der Waals surface area (Å²) in [4.78, 5) is 2.75. The van der Waals surface area contributed by atoms with Gasteiger partial charge in [-0.15, -0.1) is 0 Å². The fourth-order valence-electron chi connectivity index (χ4n) is 3.51. The summed E-state index contributed by atoms with van der Waals surface area (Å²) in [6, 6.07) is 0. The van der Waals surface area contributed by atoms with E-state index in [1.54, 1.807) is 0 Å². The third-order valence-electron chi connectivity index (χ3n) is 4.96. The van der Waals surface area contributed by atoms with Crippen LogP contribution in [0.1, 0.15) is 72.1 Å². The number of hydrogen-bond donors (Lipinski definition) is 1. The van der Waals surface area contributed by atoms with Crippen LogP contribution in [-0.2, 0) is 0 Å². The maximum atomic E-state index is 6.19. The predicted octanol–water partition coefficient (Wildman–Crippen LogP) is 3.80. The van der Waals surface area contributed by atoms with Crippen molar-refractivity contribution in [3.63, 3.8) is 0 Å². The van der Waals surface area contributed by atoms with E-state index in [4.69, 9.17) is 5.73 Å². The van der Waals surface area contributed by atoms with Crippen molar-refractivity contribution in [3.05, 3.63) is 0 Å². The summed E-state index contributed by atoms with van der Waals surface area (Å²) in [6.45, 7) is 10.3. The average molecular weight is 254 g/mol. The molecule has 0 aliphatic heterocycles. The molecule has 108 valence electrons. The minimum absolute atomic E-state index is 0.330. The molecular weight excluding hydrogens is 220 g/mol. The van der Waals surface area contributed by atoms with Crippen molar-refractivity contribution in [3.8, 4) is 0 Å². The van der Waals surface area contributed by atoms with Crippen molar-refractivity contribution >= 4 is 0 Å². The molecule has 18 heavy (non-hydrogen) atoms. The van der Waals surface area contributed by atoms with E-state index >= 15 is 0 Å². The summed E-state index contributed by atoms with van der Waals surface area (Å²) in [5.74, 6) is 0.849. The largest absolute Gasteiger partial charge is 0.329 e. The van der Waals surface area contributed by atoms with Gasteiger partial charge in [-0.25, -0.2) is 0 Å². The lowest BCUT2D eigenvalue weighted by molar-refractivity contribution is 0.0411. The molecule has 0 aromatic carbocycles. The Morgan fingerprint density at radius 2 is 1.67 bits per heavy atom. The van der Waals surface area contributed by atoms with Crippen LogP contribution in [0.4, 0.5) is 0 Å². The predicted molar refractivity (Wildman–Crippen MR) is 80.8 cm³/mol. The third kappa shape index (κ3) is 3.96.